The van der Waals surface area contributed by atoms with E-state index in [1.165, 1.54) is 11.2 Å². The molecule has 0 spiro atoms. The number of aliphatic carboxylic acids is 3. The normalized spacial score (nSPS) is 10.8. The fourth-order valence-electron chi connectivity index (χ4n) is 1.89. The van der Waals surface area contributed by atoms with Gasteiger partial charge in [0.25, 0.3) is 0 Å². The van der Waals surface area contributed by atoms with Crippen LogP contribution < -0.4 is 0 Å². The Morgan fingerprint density at radius 3 is 1.72 bits per heavy atom. The monoisotopic (exact) mass is 417 g/mol. The topological polar surface area (TPSA) is 167 Å². The minimum absolute atomic E-state index is 0.213. The van der Waals surface area contributed by atoms with Gasteiger partial charge < -0.3 is 15.3 Å². The molecule has 1 aromatic carbocycles. The number of carbonyl (C=O) groups is 3. The van der Waals surface area contributed by atoms with Crippen molar-refractivity contribution in [1.29, 1.82) is 0 Å². The molecule has 0 amide bonds. The minimum atomic E-state index is -5.08. The number of carboxylic acids is 3. The second-order valence-electron chi connectivity index (χ2n) is 5.30. The average Bonchev–Trinajstić information content (AvgIpc) is 2.61. The Kier molecular flexibility index (Phi) is 8.54. The molecule has 0 bridgehead atoms. The number of hydrogen-bond acceptors (Lipinski definition) is 8. The molecule has 0 unspecified atom stereocenters. The van der Waals surface area contributed by atoms with Crippen LogP contribution in [0.15, 0.2) is 30.6 Å². The Morgan fingerprint density at radius 1 is 0.897 bits per heavy atom. The number of halogens is 3. The van der Waals surface area contributed by atoms with E-state index in [-0.39, 0.29) is 19.6 Å². The Bertz CT molecular complexity index is 817. The molecule has 0 aliphatic carbocycles. The van der Waals surface area contributed by atoms with Crippen molar-refractivity contribution in [3.8, 4) is 11.4 Å². The summed E-state index contributed by atoms with van der Waals surface area (Å²) in [7, 11) is 0. The molecule has 29 heavy (non-hydrogen) atoms. The number of nitrogens with zero attached hydrogens (tertiary/aromatic N) is 5. The first-order valence-electron chi connectivity index (χ1n) is 7.54. The van der Waals surface area contributed by atoms with Crippen molar-refractivity contribution in [3.63, 3.8) is 0 Å². The number of aromatic nitrogens is 4. The van der Waals surface area contributed by atoms with Gasteiger partial charge in [-0.1, -0.05) is 24.3 Å². The molecule has 14 heteroatoms. The van der Waals surface area contributed by atoms with Gasteiger partial charge in [-0.2, -0.15) is 13.2 Å². The molecule has 0 aliphatic heterocycles. The fourth-order valence-corrected chi connectivity index (χ4v) is 1.89. The molecule has 2 aromatic rings. The molecule has 0 radical (unpaired) electrons. The van der Waals surface area contributed by atoms with Gasteiger partial charge in [-0.05, 0) is 5.56 Å². The van der Waals surface area contributed by atoms with E-state index < -0.39 is 24.1 Å². The largest absolute Gasteiger partial charge is 0.490 e. The summed E-state index contributed by atoms with van der Waals surface area (Å²) in [5, 5.41) is 39.7. The van der Waals surface area contributed by atoms with Crippen LogP contribution >= 0.6 is 0 Å². The number of hydrogen-bond donors (Lipinski definition) is 3. The number of carboxylic acid groups (broad SMARTS) is 3. The van der Waals surface area contributed by atoms with Crippen molar-refractivity contribution in [3.05, 3.63) is 36.2 Å². The summed E-state index contributed by atoms with van der Waals surface area (Å²) in [6.45, 7) is -0.474. The van der Waals surface area contributed by atoms with Crippen LogP contribution in [0.25, 0.3) is 11.4 Å². The number of alkyl halides is 3. The first kappa shape index (κ1) is 23.4. The van der Waals surface area contributed by atoms with E-state index in [0.29, 0.717) is 11.4 Å². The van der Waals surface area contributed by atoms with Gasteiger partial charge in [0, 0.05) is 12.1 Å². The summed E-state index contributed by atoms with van der Waals surface area (Å²) in [6.07, 6.45) is -3.85. The van der Waals surface area contributed by atoms with Crippen LogP contribution in [0.4, 0.5) is 13.2 Å². The zero-order valence-corrected chi connectivity index (χ0v) is 14.4. The lowest BCUT2D eigenvalue weighted by atomic mass is 10.1. The van der Waals surface area contributed by atoms with E-state index in [1.54, 1.807) is 24.3 Å². The number of benzene rings is 1. The van der Waals surface area contributed by atoms with Crippen LogP contribution in [0, 0.1) is 0 Å². The Hall–Kier alpha value is -3.68. The zero-order valence-electron chi connectivity index (χ0n) is 14.4. The second-order valence-corrected chi connectivity index (χ2v) is 5.30. The molecule has 0 aliphatic rings. The molecule has 11 nitrogen and oxygen atoms in total. The predicted octanol–water partition coefficient (Wildman–Crippen LogP) is 0.538. The molecule has 1 aromatic heterocycles. The summed E-state index contributed by atoms with van der Waals surface area (Å²) in [6, 6.07) is 6.99. The second kappa shape index (κ2) is 10.6. The van der Waals surface area contributed by atoms with E-state index in [1.807, 2.05) is 0 Å². The van der Waals surface area contributed by atoms with Gasteiger partial charge in [-0.3, -0.25) is 14.5 Å². The van der Waals surface area contributed by atoms with Gasteiger partial charge in [0.15, 0.2) is 6.33 Å². The molecule has 2 rings (SSSR count). The molecule has 3 N–H and O–H groups in total. The zero-order chi connectivity index (χ0) is 22.0. The highest BCUT2D eigenvalue weighted by atomic mass is 19.4. The summed E-state index contributed by atoms with van der Waals surface area (Å²) in [4.78, 5) is 31.7. The van der Waals surface area contributed by atoms with Gasteiger partial charge in [0.2, 0.25) is 5.82 Å². The SMILES string of the molecule is O=C(O)C(F)(F)F.O=C(O)CN(CC(=O)O)Cc1ccc(-c2nncnn2)cc1. The minimum Gasteiger partial charge on any atom is -0.480 e. The maximum Gasteiger partial charge on any atom is 0.490 e. The van der Waals surface area contributed by atoms with Gasteiger partial charge in [-0.15, -0.1) is 20.4 Å². The lowest BCUT2D eigenvalue weighted by molar-refractivity contribution is -0.192. The van der Waals surface area contributed by atoms with Crippen LogP contribution in [0.5, 0.6) is 0 Å². The third kappa shape index (κ3) is 9.18. The van der Waals surface area contributed by atoms with Crippen molar-refractivity contribution < 1.29 is 42.9 Å². The van der Waals surface area contributed by atoms with Gasteiger partial charge in [0.05, 0.1) is 13.1 Å². The highest BCUT2D eigenvalue weighted by molar-refractivity contribution is 5.73. The molecular formula is C15H14F3N5O6. The Morgan fingerprint density at radius 2 is 1.34 bits per heavy atom. The molecule has 1 heterocycles. The number of rotatable bonds is 7. The van der Waals surface area contributed by atoms with Crippen molar-refractivity contribution in [2.24, 2.45) is 0 Å². The van der Waals surface area contributed by atoms with Crippen LogP contribution in [-0.2, 0) is 20.9 Å². The Balaban J connectivity index is 0.000000516. The van der Waals surface area contributed by atoms with E-state index in [9.17, 15) is 22.8 Å². The fraction of sp³-hybridized carbons (Fsp3) is 0.267. The van der Waals surface area contributed by atoms with E-state index in [0.717, 1.165) is 5.56 Å². The molecule has 156 valence electrons. The van der Waals surface area contributed by atoms with Crippen molar-refractivity contribution in [2.45, 2.75) is 12.7 Å². The first-order valence-corrected chi connectivity index (χ1v) is 7.54. The third-order valence-corrected chi connectivity index (χ3v) is 2.99. The van der Waals surface area contributed by atoms with Crippen molar-refractivity contribution in [2.75, 3.05) is 13.1 Å². The van der Waals surface area contributed by atoms with Crippen LogP contribution in [0.3, 0.4) is 0 Å². The lowest BCUT2D eigenvalue weighted by Gasteiger charge is -2.17. The van der Waals surface area contributed by atoms with Gasteiger partial charge in [0.1, 0.15) is 0 Å². The van der Waals surface area contributed by atoms with Crippen LogP contribution in [0.2, 0.25) is 0 Å². The molecule has 0 saturated heterocycles. The van der Waals surface area contributed by atoms with E-state index in [4.69, 9.17) is 20.1 Å². The van der Waals surface area contributed by atoms with E-state index >= 15 is 0 Å². The van der Waals surface area contributed by atoms with Crippen molar-refractivity contribution in [1.82, 2.24) is 25.3 Å². The predicted molar refractivity (Wildman–Crippen MR) is 87.3 cm³/mol. The molecule has 0 atom stereocenters. The molecular weight excluding hydrogens is 403 g/mol. The molecule has 0 fully saturated rings. The average molecular weight is 417 g/mol. The van der Waals surface area contributed by atoms with Crippen molar-refractivity contribution >= 4 is 17.9 Å². The summed E-state index contributed by atoms with van der Waals surface area (Å²) >= 11 is 0. The Labute approximate surface area is 160 Å². The van der Waals surface area contributed by atoms with E-state index in [2.05, 4.69) is 20.4 Å². The summed E-state index contributed by atoms with van der Waals surface area (Å²) in [5.74, 6) is -4.53. The third-order valence-electron chi connectivity index (χ3n) is 2.99. The standard InChI is InChI=1S/C13H13N5O4.C2HF3O2/c19-11(20)6-18(7-12(21)22)5-9-1-3-10(4-2-9)13-16-14-8-15-17-13;3-2(4,5)1(6)7/h1-4,8H,5-7H2,(H,19,20)(H,21,22);(H,6,7). The van der Waals surface area contributed by atoms with Gasteiger partial charge >= 0.3 is 24.1 Å². The maximum atomic E-state index is 10.8. The highest BCUT2D eigenvalue weighted by Gasteiger charge is 2.38. The van der Waals surface area contributed by atoms with Gasteiger partial charge in [-0.25, -0.2) is 4.79 Å². The summed E-state index contributed by atoms with van der Waals surface area (Å²) in [5.41, 5.74) is 1.50. The molecule has 0 saturated carbocycles. The first-order chi connectivity index (χ1) is 13.5. The highest BCUT2D eigenvalue weighted by Crippen LogP contribution is 2.15. The van der Waals surface area contributed by atoms with Crippen LogP contribution in [0.1, 0.15) is 5.56 Å². The summed E-state index contributed by atoms with van der Waals surface area (Å²) < 4.78 is 31.7. The quantitative estimate of drug-likeness (QED) is 0.575. The smallest absolute Gasteiger partial charge is 0.480 e. The van der Waals surface area contributed by atoms with Crippen LogP contribution in [-0.4, -0.2) is 77.8 Å². The maximum absolute atomic E-state index is 10.8. The lowest BCUT2D eigenvalue weighted by Crippen LogP contribution is -2.33.